The highest BCUT2D eigenvalue weighted by molar-refractivity contribution is 5.96. The van der Waals surface area contributed by atoms with E-state index in [9.17, 15) is 19.2 Å². The minimum absolute atomic E-state index is 0.0433. The van der Waals surface area contributed by atoms with Crippen LogP contribution in [0.2, 0.25) is 0 Å². The van der Waals surface area contributed by atoms with Crippen molar-refractivity contribution in [3.63, 3.8) is 0 Å². The van der Waals surface area contributed by atoms with Crippen LogP contribution >= 0.6 is 0 Å². The van der Waals surface area contributed by atoms with Gasteiger partial charge in [-0.3, -0.25) is 9.59 Å². The molecule has 6 nitrogen and oxygen atoms in total. The lowest BCUT2D eigenvalue weighted by molar-refractivity contribution is 0.0297. The number of rotatable bonds is 8. The van der Waals surface area contributed by atoms with Gasteiger partial charge in [0, 0.05) is 11.1 Å². The molecular weight excluding hydrogens is 408 g/mol. The molecule has 2 aromatic rings. The maximum absolute atomic E-state index is 12.2. The quantitative estimate of drug-likeness (QED) is 0.432. The molecule has 0 N–H and O–H groups in total. The fourth-order valence-corrected chi connectivity index (χ4v) is 3.80. The lowest BCUT2D eigenvalue weighted by atomic mass is 9.83. The number of hydrogen-bond donors (Lipinski definition) is 0. The van der Waals surface area contributed by atoms with Crippen LogP contribution in [0.4, 0.5) is 0 Å². The second-order valence-corrected chi connectivity index (χ2v) is 8.35. The van der Waals surface area contributed by atoms with E-state index in [4.69, 9.17) is 9.47 Å². The Labute approximate surface area is 187 Å². The normalized spacial score (nSPS) is 17.9. The van der Waals surface area contributed by atoms with Gasteiger partial charge in [-0.15, -0.1) is 0 Å². The fraction of sp³-hybridized carbons (Fsp3) is 0.385. The van der Waals surface area contributed by atoms with Gasteiger partial charge < -0.3 is 9.47 Å². The van der Waals surface area contributed by atoms with Gasteiger partial charge in [0.25, 0.3) is 0 Å². The Kier molecular flexibility index (Phi) is 7.92. The topological polar surface area (TPSA) is 86.7 Å². The molecule has 0 amide bonds. The van der Waals surface area contributed by atoms with Gasteiger partial charge >= 0.3 is 11.9 Å². The van der Waals surface area contributed by atoms with E-state index >= 15 is 0 Å². The predicted octanol–water partition coefficient (Wildman–Crippen LogP) is 4.91. The Morgan fingerprint density at radius 3 is 1.16 bits per heavy atom. The average molecular weight is 437 g/mol. The molecule has 0 aliphatic heterocycles. The summed E-state index contributed by atoms with van der Waals surface area (Å²) in [6.07, 6.45) is 3.64. The minimum atomic E-state index is -0.382. The third-order valence-electron chi connectivity index (χ3n) is 5.92. The lowest BCUT2D eigenvalue weighted by Crippen LogP contribution is -2.24. The molecule has 32 heavy (non-hydrogen) atoms. The molecule has 3 rings (SSSR count). The number of Topliss-reactive ketones (excluding diaryl/α,β-unsaturated/α-hetero) is 2. The van der Waals surface area contributed by atoms with Gasteiger partial charge in [-0.1, -0.05) is 24.3 Å². The highest BCUT2D eigenvalue weighted by Gasteiger charge is 2.24. The Balaban J connectivity index is 1.37. The van der Waals surface area contributed by atoms with Crippen LogP contribution in [0.5, 0.6) is 0 Å². The first-order valence-electron chi connectivity index (χ1n) is 10.9. The van der Waals surface area contributed by atoms with Crippen molar-refractivity contribution in [1.82, 2.24) is 0 Å². The van der Waals surface area contributed by atoms with Crippen molar-refractivity contribution in [2.24, 2.45) is 11.8 Å². The molecule has 1 aliphatic carbocycles. The van der Waals surface area contributed by atoms with Crippen molar-refractivity contribution in [2.45, 2.75) is 39.5 Å². The zero-order valence-corrected chi connectivity index (χ0v) is 18.5. The first-order chi connectivity index (χ1) is 15.3. The number of hydrogen-bond acceptors (Lipinski definition) is 6. The van der Waals surface area contributed by atoms with E-state index in [2.05, 4.69) is 0 Å². The van der Waals surface area contributed by atoms with Crippen LogP contribution in [0.25, 0.3) is 0 Å². The molecule has 0 radical (unpaired) electrons. The average Bonchev–Trinajstić information content (AvgIpc) is 2.81. The van der Waals surface area contributed by atoms with E-state index in [1.54, 1.807) is 48.5 Å². The van der Waals surface area contributed by atoms with Crippen molar-refractivity contribution in [3.05, 3.63) is 70.8 Å². The second-order valence-electron chi connectivity index (χ2n) is 8.35. The van der Waals surface area contributed by atoms with Gasteiger partial charge in [-0.05, 0) is 75.6 Å². The van der Waals surface area contributed by atoms with Gasteiger partial charge in [0.1, 0.15) is 0 Å². The molecule has 1 fully saturated rings. The second kappa shape index (κ2) is 10.8. The largest absolute Gasteiger partial charge is 0.462 e. The number of ether oxygens (including phenoxy) is 2. The number of ketones is 2. The van der Waals surface area contributed by atoms with Gasteiger partial charge in [-0.25, -0.2) is 9.59 Å². The maximum Gasteiger partial charge on any atom is 0.338 e. The van der Waals surface area contributed by atoms with Gasteiger partial charge in [0.05, 0.1) is 24.3 Å². The van der Waals surface area contributed by atoms with Gasteiger partial charge in [0.15, 0.2) is 11.6 Å². The summed E-state index contributed by atoms with van der Waals surface area (Å²) >= 11 is 0. The smallest absolute Gasteiger partial charge is 0.338 e. The van der Waals surface area contributed by atoms with Crippen molar-refractivity contribution < 1.29 is 28.7 Å². The van der Waals surface area contributed by atoms with Crippen molar-refractivity contribution >= 4 is 23.5 Å². The fourth-order valence-electron chi connectivity index (χ4n) is 3.80. The molecule has 0 spiro atoms. The molecule has 168 valence electrons. The van der Waals surface area contributed by atoms with E-state index in [0.717, 1.165) is 25.7 Å². The summed E-state index contributed by atoms with van der Waals surface area (Å²) in [6.45, 7) is 3.69. The van der Waals surface area contributed by atoms with Crippen LogP contribution in [0.1, 0.15) is 81.0 Å². The molecule has 0 atom stereocenters. The summed E-state index contributed by atoms with van der Waals surface area (Å²) < 4.78 is 10.9. The van der Waals surface area contributed by atoms with Crippen LogP contribution < -0.4 is 0 Å². The molecule has 1 aliphatic rings. The molecule has 0 heterocycles. The van der Waals surface area contributed by atoms with E-state index in [1.165, 1.54) is 13.8 Å². The first kappa shape index (κ1) is 23.4. The van der Waals surface area contributed by atoms with Crippen LogP contribution in [0, 0.1) is 11.8 Å². The Hall–Kier alpha value is -3.28. The summed E-state index contributed by atoms with van der Waals surface area (Å²) in [6, 6.07) is 12.9. The summed E-state index contributed by atoms with van der Waals surface area (Å²) in [7, 11) is 0. The number of carbonyl (C=O) groups excluding carboxylic acids is 4. The Morgan fingerprint density at radius 1 is 0.594 bits per heavy atom. The van der Waals surface area contributed by atoms with E-state index in [1.807, 2.05) is 0 Å². The van der Waals surface area contributed by atoms with Crippen LogP contribution in [0.3, 0.4) is 0 Å². The molecule has 1 saturated carbocycles. The van der Waals surface area contributed by atoms with Crippen molar-refractivity contribution in [1.29, 1.82) is 0 Å². The number of esters is 2. The Bertz CT molecular complexity index is 885. The van der Waals surface area contributed by atoms with Gasteiger partial charge in [0.2, 0.25) is 0 Å². The monoisotopic (exact) mass is 436 g/mol. The maximum atomic E-state index is 12.2. The van der Waals surface area contributed by atoms with Crippen LogP contribution in [-0.4, -0.2) is 36.7 Å². The van der Waals surface area contributed by atoms with E-state index in [-0.39, 0.29) is 23.5 Å². The lowest BCUT2D eigenvalue weighted by Gasteiger charge is -2.27. The third-order valence-corrected chi connectivity index (χ3v) is 5.92. The highest BCUT2D eigenvalue weighted by Crippen LogP contribution is 2.29. The molecule has 0 aromatic heterocycles. The van der Waals surface area contributed by atoms with Crippen LogP contribution in [-0.2, 0) is 9.47 Å². The van der Waals surface area contributed by atoms with Crippen molar-refractivity contribution in [2.75, 3.05) is 13.2 Å². The predicted molar refractivity (Wildman–Crippen MR) is 119 cm³/mol. The molecule has 2 aromatic carbocycles. The van der Waals surface area contributed by atoms with Crippen LogP contribution in [0.15, 0.2) is 48.5 Å². The molecule has 0 bridgehead atoms. The Morgan fingerprint density at radius 2 is 0.875 bits per heavy atom. The molecule has 0 unspecified atom stereocenters. The number of benzene rings is 2. The summed E-state index contributed by atoms with van der Waals surface area (Å²) in [5, 5.41) is 0. The summed E-state index contributed by atoms with van der Waals surface area (Å²) in [4.78, 5) is 47.1. The zero-order chi connectivity index (χ0) is 23.1. The number of carbonyl (C=O) groups is 4. The molecule has 0 saturated heterocycles. The molecular formula is C26H28O6. The van der Waals surface area contributed by atoms with Crippen molar-refractivity contribution in [3.8, 4) is 0 Å². The standard InChI is InChI=1S/C26H28O6/c1-17(27)21-7-11-23(12-8-21)25(29)31-15-19-3-5-20(6-4-19)16-32-26(30)24-13-9-22(10-14-24)18(2)28/h7-14,19-20H,3-6,15-16H2,1-2H3. The molecule has 6 heteroatoms. The van der Waals surface area contributed by atoms with E-state index < -0.39 is 0 Å². The third kappa shape index (κ3) is 6.36. The summed E-state index contributed by atoms with van der Waals surface area (Å²) in [5.74, 6) is -0.265. The van der Waals surface area contributed by atoms with Gasteiger partial charge in [-0.2, -0.15) is 0 Å². The first-order valence-corrected chi connectivity index (χ1v) is 10.9. The van der Waals surface area contributed by atoms with E-state index in [0.29, 0.717) is 47.3 Å². The SMILES string of the molecule is CC(=O)c1ccc(C(=O)OCC2CCC(COC(=O)c3ccc(C(C)=O)cc3)CC2)cc1. The highest BCUT2D eigenvalue weighted by atomic mass is 16.5. The summed E-state index contributed by atoms with van der Waals surface area (Å²) in [5.41, 5.74) is 2.00. The zero-order valence-electron chi connectivity index (χ0n) is 18.5. The minimum Gasteiger partial charge on any atom is -0.462 e.